The van der Waals surface area contributed by atoms with Gasteiger partial charge in [-0.15, -0.1) is 0 Å². The number of likely N-dealkylation sites (tertiary alicyclic amines) is 1. The van der Waals surface area contributed by atoms with Crippen molar-refractivity contribution in [3.05, 3.63) is 35.9 Å². The van der Waals surface area contributed by atoms with E-state index < -0.39 is 82.8 Å². The molecule has 55 heavy (non-hydrogen) atoms. The second-order valence-electron chi connectivity index (χ2n) is 17.3. The Bertz CT molecular complexity index is 1540. The van der Waals surface area contributed by atoms with E-state index in [1.807, 2.05) is 34.6 Å². The van der Waals surface area contributed by atoms with E-state index >= 15 is 0 Å². The zero-order valence-corrected chi connectivity index (χ0v) is 34.2. The van der Waals surface area contributed by atoms with Gasteiger partial charge < -0.3 is 40.5 Å². The Morgan fingerprint density at radius 1 is 0.909 bits per heavy atom. The molecule has 1 aliphatic carbocycles. The van der Waals surface area contributed by atoms with Crippen molar-refractivity contribution in [1.82, 2.24) is 31.1 Å². The topological polar surface area (TPSA) is 193 Å². The van der Waals surface area contributed by atoms with Gasteiger partial charge in [0.05, 0.1) is 24.9 Å². The van der Waals surface area contributed by atoms with Gasteiger partial charge in [-0.1, -0.05) is 84.2 Å². The Hall–Kier alpha value is -4.53. The lowest BCUT2D eigenvalue weighted by atomic mass is 9.77. The molecule has 2 aliphatic rings. The van der Waals surface area contributed by atoms with Crippen LogP contribution in [0.15, 0.2) is 30.3 Å². The van der Waals surface area contributed by atoms with Gasteiger partial charge in [-0.05, 0) is 50.5 Å². The molecule has 1 saturated carbocycles. The van der Waals surface area contributed by atoms with Gasteiger partial charge in [0.25, 0.3) is 5.91 Å². The van der Waals surface area contributed by atoms with Crippen LogP contribution in [0.25, 0.3) is 0 Å². The third-order valence-corrected chi connectivity index (χ3v) is 9.54. The fourth-order valence-corrected chi connectivity index (χ4v) is 6.84. The Labute approximate surface area is 325 Å². The lowest BCUT2D eigenvalue weighted by molar-refractivity contribution is -0.147. The Morgan fingerprint density at radius 2 is 1.53 bits per heavy atom. The van der Waals surface area contributed by atoms with E-state index in [-0.39, 0.29) is 44.2 Å². The molecule has 306 valence electrons. The number of alkyl carbamates (subject to hydrolysis) is 1. The molecular formula is C40H62N6O9. The highest BCUT2D eigenvalue weighted by molar-refractivity contribution is 6.40. The van der Waals surface area contributed by atoms with Crippen LogP contribution in [0.3, 0.4) is 0 Å². The summed E-state index contributed by atoms with van der Waals surface area (Å²) in [4.78, 5) is 97.5. The molecule has 1 aliphatic heterocycles. The van der Waals surface area contributed by atoms with Gasteiger partial charge in [-0.25, -0.2) is 4.79 Å². The first-order valence-electron chi connectivity index (χ1n) is 19.2. The molecule has 4 atom stereocenters. The number of likely N-dealkylation sites (N-methyl/N-ethyl adjacent to an activating group) is 1. The number of rotatable bonds is 14. The minimum atomic E-state index is -1.58. The molecule has 0 radical (unpaired) electrons. The van der Waals surface area contributed by atoms with Gasteiger partial charge in [0, 0.05) is 27.1 Å². The molecule has 15 nitrogen and oxygen atoms in total. The van der Waals surface area contributed by atoms with E-state index in [4.69, 9.17) is 9.47 Å². The van der Waals surface area contributed by atoms with Crippen molar-refractivity contribution in [2.75, 3.05) is 33.8 Å². The fourth-order valence-electron chi connectivity index (χ4n) is 6.84. The van der Waals surface area contributed by atoms with E-state index in [0.29, 0.717) is 18.4 Å². The molecule has 0 unspecified atom stereocenters. The van der Waals surface area contributed by atoms with Crippen molar-refractivity contribution in [2.45, 2.75) is 129 Å². The first-order chi connectivity index (χ1) is 25.5. The van der Waals surface area contributed by atoms with Crippen LogP contribution in [0.2, 0.25) is 0 Å². The fraction of sp³-hybridized carbons (Fsp3) is 0.675. The molecule has 0 aromatic heterocycles. The van der Waals surface area contributed by atoms with Crippen molar-refractivity contribution >= 4 is 41.4 Å². The number of benzene rings is 1. The van der Waals surface area contributed by atoms with E-state index in [1.165, 1.54) is 9.80 Å². The molecule has 15 heteroatoms. The average molecular weight is 771 g/mol. The number of hydrogen-bond donors (Lipinski definition) is 4. The van der Waals surface area contributed by atoms with E-state index in [1.54, 1.807) is 65.2 Å². The predicted octanol–water partition coefficient (Wildman–Crippen LogP) is 3.02. The Balaban J connectivity index is 1.82. The van der Waals surface area contributed by atoms with Gasteiger partial charge in [-0.3, -0.25) is 28.8 Å². The third-order valence-electron chi connectivity index (χ3n) is 9.54. The Morgan fingerprint density at radius 3 is 2.07 bits per heavy atom. The average Bonchev–Trinajstić information content (AvgIpc) is 3.52. The summed E-state index contributed by atoms with van der Waals surface area (Å²) in [6.45, 7) is 14.4. The summed E-state index contributed by atoms with van der Waals surface area (Å²) in [5.41, 5.74) is -2.41. The molecule has 2 fully saturated rings. The molecule has 4 N–H and O–H groups in total. The zero-order chi connectivity index (χ0) is 41.3. The lowest BCUT2D eigenvalue weighted by Gasteiger charge is -2.39. The minimum absolute atomic E-state index is 0.0559. The predicted molar refractivity (Wildman–Crippen MR) is 205 cm³/mol. The molecular weight excluding hydrogens is 708 g/mol. The molecule has 1 aromatic rings. The quantitative estimate of drug-likeness (QED) is 0.206. The summed E-state index contributed by atoms with van der Waals surface area (Å²) in [5.74, 6) is -4.09. The summed E-state index contributed by atoms with van der Waals surface area (Å²) >= 11 is 0. The number of ketones is 1. The van der Waals surface area contributed by atoms with E-state index in [2.05, 4.69) is 21.3 Å². The van der Waals surface area contributed by atoms with Gasteiger partial charge >= 0.3 is 6.09 Å². The van der Waals surface area contributed by atoms with Crippen molar-refractivity contribution in [3.8, 4) is 0 Å². The highest BCUT2D eigenvalue weighted by Crippen LogP contribution is 2.33. The highest BCUT2D eigenvalue weighted by atomic mass is 16.5. The third kappa shape index (κ3) is 12.8. The smallest absolute Gasteiger partial charge is 0.407 e. The van der Waals surface area contributed by atoms with Gasteiger partial charge in [-0.2, -0.15) is 0 Å². The maximum absolute atomic E-state index is 14.3. The number of nitrogens with one attached hydrogen (secondary N) is 4. The maximum Gasteiger partial charge on any atom is 0.407 e. The van der Waals surface area contributed by atoms with Gasteiger partial charge in [0.15, 0.2) is 0 Å². The summed E-state index contributed by atoms with van der Waals surface area (Å²) in [7, 11) is 3.12. The van der Waals surface area contributed by atoms with Crippen LogP contribution < -0.4 is 21.3 Å². The number of Topliss-reactive ketones (excluding diaryl/α,β-unsaturated/α-hetero) is 1. The zero-order valence-electron chi connectivity index (χ0n) is 34.2. The molecule has 6 amide bonds. The van der Waals surface area contributed by atoms with Crippen LogP contribution >= 0.6 is 0 Å². The van der Waals surface area contributed by atoms with E-state index in [0.717, 1.165) is 6.42 Å². The minimum Gasteiger partial charge on any atom is -0.449 e. The van der Waals surface area contributed by atoms with Crippen LogP contribution in [0.5, 0.6) is 0 Å². The SMILES string of the molecule is CC(C)COC(=O)N[C@H](C(=O)N1C[C@H](OC(C)(C)C)C[C@H]1C(=O)NC1(C(=O)C(=O)NCC(=O)N[C@H](C(=O)N(C)C)c2ccccc2)CCCCC1)C(C)(C)C. The number of amides is 6. The second kappa shape index (κ2) is 18.9. The number of carbonyl (C=O) groups is 7. The van der Waals surface area contributed by atoms with Crippen LogP contribution in [0.4, 0.5) is 4.79 Å². The maximum atomic E-state index is 14.3. The summed E-state index contributed by atoms with van der Waals surface area (Å²) in [6.07, 6.45) is 1.10. The largest absolute Gasteiger partial charge is 0.449 e. The second-order valence-corrected chi connectivity index (χ2v) is 17.3. The lowest BCUT2D eigenvalue weighted by Crippen LogP contribution is -2.64. The number of ether oxygens (including phenoxy) is 2. The van der Waals surface area contributed by atoms with Crippen molar-refractivity contribution in [2.24, 2.45) is 11.3 Å². The van der Waals surface area contributed by atoms with Crippen LogP contribution in [-0.2, 0) is 38.2 Å². The number of nitrogens with zero attached hydrogens (tertiary/aromatic N) is 2. The molecule has 1 aromatic carbocycles. The summed E-state index contributed by atoms with van der Waals surface area (Å²) in [5, 5.41) is 10.6. The highest BCUT2D eigenvalue weighted by Gasteiger charge is 2.50. The summed E-state index contributed by atoms with van der Waals surface area (Å²) < 4.78 is 11.5. The molecule has 0 spiro atoms. The normalized spacial score (nSPS) is 19.4. The first-order valence-corrected chi connectivity index (χ1v) is 19.2. The first kappa shape index (κ1) is 44.9. The van der Waals surface area contributed by atoms with Gasteiger partial charge in [0.2, 0.25) is 29.4 Å². The standard InChI is InChI=1S/C40H62N6O9/c1-25(2)24-54-37(53)43-31(38(3,4)5)36(52)46-23-27(55-39(6,7)8)21-28(46)33(49)44-40(19-15-12-16-20-40)32(48)34(50)41-22-29(47)42-30(35(51)45(9)10)26-17-13-11-14-18-26/h11,13-14,17-18,25,27-28,30-31H,12,15-16,19-24H2,1-10H3,(H,41,50)(H,42,47)(H,43,53)(H,44,49)/t27-,28+,30+,31-/m1/s1. The number of carbonyl (C=O) groups excluding carboxylic acids is 7. The summed E-state index contributed by atoms with van der Waals surface area (Å²) in [6, 6.07) is 5.49. The number of hydrogen-bond acceptors (Lipinski definition) is 9. The molecule has 1 saturated heterocycles. The van der Waals surface area contributed by atoms with Crippen molar-refractivity contribution in [3.63, 3.8) is 0 Å². The van der Waals surface area contributed by atoms with Crippen LogP contribution in [0, 0.1) is 11.3 Å². The van der Waals surface area contributed by atoms with Crippen LogP contribution in [-0.4, -0.2) is 114 Å². The van der Waals surface area contributed by atoms with Gasteiger partial charge in [0.1, 0.15) is 23.7 Å². The monoisotopic (exact) mass is 770 g/mol. The van der Waals surface area contributed by atoms with Crippen molar-refractivity contribution < 1.29 is 43.0 Å². The molecule has 0 bridgehead atoms. The van der Waals surface area contributed by atoms with Crippen molar-refractivity contribution in [1.29, 1.82) is 0 Å². The Kier molecular flexibility index (Phi) is 15.4. The van der Waals surface area contributed by atoms with E-state index in [9.17, 15) is 33.6 Å². The van der Waals surface area contributed by atoms with Crippen LogP contribution in [0.1, 0.15) is 106 Å². The molecule has 3 rings (SSSR count). The molecule has 1 heterocycles.